The first-order valence-corrected chi connectivity index (χ1v) is 8.57. The molecule has 1 N–H and O–H groups in total. The van der Waals surface area contributed by atoms with Gasteiger partial charge in [-0.2, -0.15) is 10.2 Å². The van der Waals surface area contributed by atoms with E-state index in [4.69, 9.17) is 27.9 Å². The number of carbonyl (C=O) groups excluding carboxylic acids is 1. The van der Waals surface area contributed by atoms with Crippen molar-refractivity contribution >= 4 is 29.1 Å². The zero-order valence-electron chi connectivity index (χ0n) is 14.2. The summed E-state index contributed by atoms with van der Waals surface area (Å²) in [6.07, 6.45) is 1.66. The molecule has 0 bridgehead atoms. The molecule has 2 aromatic heterocycles. The highest BCUT2D eigenvalue weighted by molar-refractivity contribution is 6.35. The zero-order chi connectivity index (χ0) is 18.7. The minimum absolute atomic E-state index is 0.121. The molecule has 7 nitrogen and oxygen atoms in total. The van der Waals surface area contributed by atoms with Crippen molar-refractivity contribution < 1.29 is 9.53 Å². The number of aromatic nitrogens is 4. The van der Waals surface area contributed by atoms with Gasteiger partial charge in [0.1, 0.15) is 11.4 Å². The SMILES string of the molecule is Cc1cc(CNC(=O)c2ccn(COc3ccc(Cl)cc3Cl)n2)n(C)n1. The Bertz CT molecular complexity index is 935. The number of amides is 1. The monoisotopic (exact) mass is 393 g/mol. The lowest BCUT2D eigenvalue weighted by Crippen LogP contribution is -2.24. The third-order valence-corrected chi connectivity index (χ3v) is 4.18. The maximum absolute atomic E-state index is 12.2. The summed E-state index contributed by atoms with van der Waals surface area (Å²) in [6.45, 7) is 2.40. The van der Waals surface area contributed by atoms with Gasteiger partial charge in [0, 0.05) is 18.3 Å². The van der Waals surface area contributed by atoms with Crippen molar-refractivity contribution in [2.75, 3.05) is 0 Å². The van der Waals surface area contributed by atoms with Crippen molar-refractivity contribution in [3.63, 3.8) is 0 Å². The second-order valence-corrected chi connectivity index (χ2v) is 6.52. The summed E-state index contributed by atoms with van der Waals surface area (Å²) in [7, 11) is 1.84. The highest BCUT2D eigenvalue weighted by atomic mass is 35.5. The van der Waals surface area contributed by atoms with Crippen LogP contribution in [0.1, 0.15) is 21.9 Å². The lowest BCUT2D eigenvalue weighted by Gasteiger charge is -2.08. The van der Waals surface area contributed by atoms with Crippen LogP contribution in [0, 0.1) is 6.92 Å². The van der Waals surface area contributed by atoms with Gasteiger partial charge in [-0.15, -0.1) is 0 Å². The van der Waals surface area contributed by atoms with Crippen LogP contribution in [0.2, 0.25) is 10.0 Å². The van der Waals surface area contributed by atoms with E-state index in [0.717, 1.165) is 11.4 Å². The third kappa shape index (κ3) is 4.36. The second kappa shape index (κ2) is 7.80. The predicted octanol–water partition coefficient (Wildman–Crippen LogP) is 3.20. The fourth-order valence-electron chi connectivity index (χ4n) is 2.37. The molecule has 0 aliphatic heterocycles. The van der Waals surface area contributed by atoms with Gasteiger partial charge in [0.2, 0.25) is 0 Å². The maximum atomic E-state index is 12.2. The first-order chi connectivity index (χ1) is 12.4. The molecule has 1 amide bonds. The van der Waals surface area contributed by atoms with E-state index in [2.05, 4.69) is 15.5 Å². The van der Waals surface area contributed by atoms with Crippen LogP contribution in [-0.4, -0.2) is 25.5 Å². The molecule has 0 saturated carbocycles. The van der Waals surface area contributed by atoms with Crippen LogP contribution in [0.25, 0.3) is 0 Å². The van der Waals surface area contributed by atoms with Crippen molar-refractivity contribution in [3.8, 4) is 5.75 Å². The van der Waals surface area contributed by atoms with Crippen LogP contribution in [0.3, 0.4) is 0 Å². The number of halogens is 2. The first-order valence-electron chi connectivity index (χ1n) is 7.81. The molecule has 3 rings (SSSR count). The molecular weight excluding hydrogens is 377 g/mol. The molecule has 136 valence electrons. The van der Waals surface area contributed by atoms with Gasteiger partial charge in [0.15, 0.2) is 6.73 Å². The maximum Gasteiger partial charge on any atom is 0.272 e. The van der Waals surface area contributed by atoms with Gasteiger partial charge in [-0.05, 0) is 37.3 Å². The molecular formula is C17H17Cl2N5O2. The number of nitrogens with one attached hydrogen (secondary N) is 1. The minimum atomic E-state index is -0.271. The van der Waals surface area contributed by atoms with Crippen LogP contribution in [0.5, 0.6) is 5.75 Å². The number of hydrogen-bond acceptors (Lipinski definition) is 4. The Morgan fingerprint density at radius 1 is 1.23 bits per heavy atom. The van der Waals surface area contributed by atoms with E-state index in [9.17, 15) is 4.79 Å². The van der Waals surface area contributed by atoms with Crippen LogP contribution in [-0.2, 0) is 20.3 Å². The molecule has 2 heterocycles. The first kappa shape index (κ1) is 18.3. The lowest BCUT2D eigenvalue weighted by molar-refractivity contribution is 0.0943. The summed E-state index contributed by atoms with van der Waals surface area (Å²) in [5.41, 5.74) is 2.12. The molecule has 26 heavy (non-hydrogen) atoms. The summed E-state index contributed by atoms with van der Waals surface area (Å²) in [4.78, 5) is 12.2. The van der Waals surface area contributed by atoms with E-state index in [-0.39, 0.29) is 12.6 Å². The fourth-order valence-corrected chi connectivity index (χ4v) is 2.84. The van der Waals surface area contributed by atoms with E-state index in [1.807, 2.05) is 20.0 Å². The van der Waals surface area contributed by atoms with Gasteiger partial charge in [0.25, 0.3) is 5.91 Å². The van der Waals surface area contributed by atoms with Gasteiger partial charge in [-0.25, -0.2) is 4.68 Å². The largest absolute Gasteiger partial charge is 0.470 e. The average molecular weight is 394 g/mol. The number of hydrogen-bond donors (Lipinski definition) is 1. The zero-order valence-corrected chi connectivity index (χ0v) is 15.8. The third-order valence-electron chi connectivity index (χ3n) is 3.65. The van der Waals surface area contributed by atoms with Crippen LogP contribution in [0.15, 0.2) is 36.5 Å². The van der Waals surface area contributed by atoms with Crippen molar-refractivity contribution in [1.29, 1.82) is 0 Å². The minimum Gasteiger partial charge on any atom is -0.470 e. The molecule has 0 spiro atoms. The van der Waals surface area contributed by atoms with Crippen LogP contribution < -0.4 is 10.1 Å². The Labute approximate surface area is 160 Å². The van der Waals surface area contributed by atoms with E-state index in [1.165, 1.54) is 4.68 Å². The number of aryl methyl sites for hydroxylation is 2. The van der Waals surface area contributed by atoms with E-state index in [1.54, 1.807) is 35.1 Å². The molecule has 0 aliphatic rings. The number of rotatable bonds is 6. The average Bonchev–Trinajstić information content (AvgIpc) is 3.18. The Morgan fingerprint density at radius 3 is 2.73 bits per heavy atom. The number of benzene rings is 1. The Hall–Kier alpha value is -2.51. The van der Waals surface area contributed by atoms with Crippen molar-refractivity contribution in [1.82, 2.24) is 24.9 Å². The molecule has 0 unspecified atom stereocenters. The molecule has 9 heteroatoms. The number of ether oxygens (including phenoxy) is 1. The van der Waals surface area contributed by atoms with Crippen molar-refractivity contribution in [3.05, 3.63) is 63.7 Å². The predicted molar refractivity (Wildman–Crippen MR) is 98.4 cm³/mol. The van der Waals surface area contributed by atoms with Gasteiger partial charge >= 0.3 is 0 Å². The Morgan fingerprint density at radius 2 is 2.04 bits per heavy atom. The highest BCUT2D eigenvalue weighted by Crippen LogP contribution is 2.27. The van der Waals surface area contributed by atoms with Crippen LogP contribution in [0.4, 0.5) is 0 Å². The molecule has 0 fully saturated rings. The normalized spacial score (nSPS) is 10.8. The second-order valence-electron chi connectivity index (χ2n) is 5.67. The van der Waals surface area contributed by atoms with E-state index < -0.39 is 0 Å². The van der Waals surface area contributed by atoms with Gasteiger partial charge in [-0.3, -0.25) is 9.48 Å². The summed E-state index contributed by atoms with van der Waals surface area (Å²) < 4.78 is 8.83. The van der Waals surface area contributed by atoms with Gasteiger partial charge in [-0.1, -0.05) is 23.2 Å². The summed E-state index contributed by atoms with van der Waals surface area (Å²) in [6, 6.07) is 8.50. The molecule has 0 aliphatic carbocycles. The van der Waals surface area contributed by atoms with Gasteiger partial charge < -0.3 is 10.1 Å². The lowest BCUT2D eigenvalue weighted by atomic mass is 10.3. The van der Waals surface area contributed by atoms with E-state index in [0.29, 0.717) is 28.0 Å². The Balaban J connectivity index is 1.56. The highest BCUT2D eigenvalue weighted by Gasteiger charge is 2.11. The molecule has 0 saturated heterocycles. The van der Waals surface area contributed by atoms with Crippen molar-refractivity contribution in [2.45, 2.75) is 20.2 Å². The molecule has 1 aromatic carbocycles. The quantitative estimate of drug-likeness (QED) is 0.697. The molecule has 0 radical (unpaired) electrons. The smallest absolute Gasteiger partial charge is 0.272 e. The topological polar surface area (TPSA) is 74.0 Å². The standard InChI is InChI=1S/C17H17Cl2N5O2/c1-11-7-13(23(2)21-11)9-20-17(25)15-5-6-24(22-15)10-26-16-4-3-12(18)8-14(16)19/h3-8H,9-10H2,1-2H3,(H,20,25). The number of carbonyl (C=O) groups is 1. The molecule has 0 atom stereocenters. The number of nitrogens with zero attached hydrogens (tertiary/aromatic N) is 4. The molecule has 3 aromatic rings. The van der Waals surface area contributed by atoms with Crippen LogP contribution >= 0.6 is 23.2 Å². The summed E-state index contributed by atoms with van der Waals surface area (Å²) in [5, 5.41) is 12.2. The van der Waals surface area contributed by atoms with Crippen molar-refractivity contribution in [2.24, 2.45) is 7.05 Å². The Kier molecular flexibility index (Phi) is 5.49. The van der Waals surface area contributed by atoms with E-state index >= 15 is 0 Å². The summed E-state index contributed by atoms with van der Waals surface area (Å²) in [5.74, 6) is 0.219. The summed E-state index contributed by atoms with van der Waals surface area (Å²) >= 11 is 11.9. The van der Waals surface area contributed by atoms with Gasteiger partial charge in [0.05, 0.1) is 23.0 Å². The fraction of sp³-hybridized carbons (Fsp3) is 0.235.